The molecule has 1 heterocycles. The zero-order chi connectivity index (χ0) is 14.8. The zero-order valence-corrected chi connectivity index (χ0v) is 11.3. The second kappa shape index (κ2) is 5.16. The summed E-state index contributed by atoms with van der Waals surface area (Å²) in [7, 11) is 0. The maximum Gasteiger partial charge on any atom is 0.280 e. The number of fused-ring (bicyclic) bond motifs is 1. The first-order chi connectivity index (χ1) is 10.1. The van der Waals surface area contributed by atoms with E-state index in [1.165, 1.54) is 11.6 Å². The summed E-state index contributed by atoms with van der Waals surface area (Å²) in [6.45, 7) is 1.43. The highest BCUT2D eigenvalue weighted by atomic mass is 16.2. The molecule has 1 aromatic heterocycles. The number of carbonyl (C=O) groups excluding carboxylic acids is 2. The standard InChI is InChI=1S/C15H12N4O2/c1-10(20)16-12-8-6-11(7-9-12)15(21)19-14-5-3-2-4-13(14)17-18-19/h2-9H,1H3,(H,16,20). The number of hydrogen-bond donors (Lipinski definition) is 1. The van der Waals surface area contributed by atoms with Gasteiger partial charge in [-0.15, -0.1) is 5.10 Å². The lowest BCUT2D eigenvalue weighted by molar-refractivity contribution is -0.114. The van der Waals surface area contributed by atoms with Crippen LogP contribution in [0.2, 0.25) is 0 Å². The van der Waals surface area contributed by atoms with Gasteiger partial charge in [-0.25, -0.2) is 0 Å². The van der Waals surface area contributed by atoms with Crippen LogP contribution in [0.4, 0.5) is 5.69 Å². The van der Waals surface area contributed by atoms with Crippen molar-refractivity contribution < 1.29 is 9.59 Å². The maximum atomic E-state index is 12.4. The Labute approximate surface area is 120 Å². The van der Waals surface area contributed by atoms with Gasteiger partial charge in [0.2, 0.25) is 5.91 Å². The number of carbonyl (C=O) groups is 2. The normalized spacial score (nSPS) is 10.5. The molecule has 0 radical (unpaired) electrons. The number of anilines is 1. The second-order valence-electron chi connectivity index (χ2n) is 4.55. The van der Waals surface area contributed by atoms with E-state index in [0.717, 1.165) is 0 Å². The highest BCUT2D eigenvalue weighted by Gasteiger charge is 2.13. The summed E-state index contributed by atoms with van der Waals surface area (Å²) in [4.78, 5) is 23.4. The Morgan fingerprint density at radius 2 is 1.76 bits per heavy atom. The number of nitrogens with zero attached hydrogens (tertiary/aromatic N) is 3. The first-order valence-electron chi connectivity index (χ1n) is 6.38. The van der Waals surface area contributed by atoms with Gasteiger partial charge in [0, 0.05) is 18.2 Å². The minimum atomic E-state index is -0.266. The van der Waals surface area contributed by atoms with Gasteiger partial charge >= 0.3 is 0 Å². The van der Waals surface area contributed by atoms with Gasteiger partial charge in [-0.1, -0.05) is 17.3 Å². The monoisotopic (exact) mass is 280 g/mol. The average Bonchev–Trinajstić information content (AvgIpc) is 2.90. The zero-order valence-electron chi connectivity index (χ0n) is 11.3. The fourth-order valence-electron chi connectivity index (χ4n) is 2.04. The molecule has 1 amide bonds. The van der Waals surface area contributed by atoms with Crippen molar-refractivity contribution in [2.45, 2.75) is 6.92 Å². The Balaban J connectivity index is 1.93. The molecule has 1 N–H and O–H groups in total. The van der Waals surface area contributed by atoms with Crippen LogP contribution in [-0.2, 0) is 4.79 Å². The fraction of sp³-hybridized carbons (Fsp3) is 0.0667. The molecule has 0 aliphatic heterocycles. The van der Waals surface area contributed by atoms with Crippen LogP contribution >= 0.6 is 0 Å². The molecular formula is C15H12N4O2. The first-order valence-corrected chi connectivity index (χ1v) is 6.38. The van der Waals surface area contributed by atoms with Crippen molar-refractivity contribution in [2.24, 2.45) is 0 Å². The van der Waals surface area contributed by atoms with E-state index in [1.54, 1.807) is 36.4 Å². The average molecular weight is 280 g/mol. The molecule has 0 saturated carbocycles. The lowest BCUT2D eigenvalue weighted by Crippen LogP contribution is -2.14. The SMILES string of the molecule is CC(=O)Nc1ccc(C(=O)n2nnc3ccccc32)cc1. The van der Waals surface area contributed by atoms with Gasteiger partial charge in [-0.3, -0.25) is 9.59 Å². The summed E-state index contributed by atoms with van der Waals surface area (Å²) in [6, 6.07) is 13.9. The molecule has 0 bridgehead atoms. The molecule has 3 aromatic rings. The van der Waals surface area contributed by atoms with Crippen molar-refractivity contribution in [3.8, 4) is 0 Å². The van der Waals surface area contributed by atoms with Gasteiger partial charge in [-0.2, -0.15) is 4.68 Å². The number of aromatic nitrogens is 3. The lowest BCUT2D eigenvalue weighted by atomic mass is 10.2. The number of amides is 1. The third-order valence-corrected chi connectivity index (χ3v) is 3.00. The number of nitrogens with one attached hydrogen (secondary N) is 1. The fourth-order valence-corrected chi connectivity index (χ4v) is 2.04. The van der Waals surface area contributed by atoms with E-state index in [9.17, 15) is 9.59 Å². The van der Waals surface area contributed by atoms with Crippen molar-refractivity contribution in [1.82, 2.24) is 15.0 Å². The summed E-state index contributed by atoms with van der Waals surface area (Å²) in [6.07, 6.45) is 0. The molecule has 0 spiro atoms. The van der Waals surface area contributed by atoms with E-state index in [2.05, 4.69) is 15.6 Å². The molecule has 104 valence electrons. The summed E-state index contributed by atoms with van der Waals surface area (Å²) in [5.41, 5.74) is 2.44. The molecule has 6 nitrogen and oxygen atoms in total. The van der Waals surface area contributed by atoms with Gasteiger partial charge in [0.25, 0.3) is 5.91 Å². The molecule has 0 fully saturated rings. The molecule has 0 saturated heterocycles. The Morgan fingerprint density at radius 1 is 1.05 bits per heavy atom. The van der Waals surface area contributed by atoms with Crippen LogP contribution < -0.4 is 5.32 Å². The van der Waals surface area contributed by atoms with E-state index < -0.39 is 0 Å². The Morgan fingerprint density at radius 3 is 2.48 bits per heavy atom. The van der Waals surface area contributed by atoms with E-state index in [-0.39, 0.29) is 11.8 Å². The van der Waals surface area contributed by atoms with Crippen LogP contribution in [0.3, 0.4) is 0 Å². The Kier molecular flexibility index (Phi) is 3.19. The molecule has 6 heteroatoms. The second-order valence-corrected chi connectivity index (χ2v) is 4.55. The molecule has 2 aromatic carbocycles. The van der Waals surface area contributed by atoms with Crippen LogP contribution in [0.15, 0.2) is 48.5 Å². The van der Waals surface area contributed by atoms with Crippen LogP contribution in [0.25, 0.3) is 11.0 Å². The minimum absolute atomic E-state index is 0.156. The molecule has 0 aliphatic carbocycles. The summed E-state index contributed by atoms with van der Waals surface area (Å²) in [5.74, 6) is -0.422. The first kappa shape index (κ1) is 13.0. The molecule has 21 heavy (non-hydrogen) atoms. The third kappa shape index (κ3) is 2.51. The quantitative estimate of drug-likeness (QED) is 0.779. The van der Waals surface area contributed by atoms with Crippen molar-refractivity contribution in [3.05, 3.63) is 54.1 Å². The van der Waals surface area contributed by atoms with Crippen LogP contribution in [-0.4, -0.2) is 26.8 Å². The van der Waals surface area contributed by atoms with Crippen molar-refractivity contribution in [1.29, 1.82) is 0 Å². The van der Waals surface area contributed by atoms with E-state index >= 15 is 0 Å². The molecule has 0 unspecified atom stereocenters. The van der Waals surface area contributed by atoms with E-state index in [0.29, 0.717) is 22.3 Å². The van der Waals surface area contributed by atoms with E-state index in [4.69, 9.17) is 0 Å². The van der Waals surface area contributed by atoms with E-state index in [1.807, 2.05) is 12.1 Å². The van der Waals surface area contributed by atoms with Crippen LogP contribution in [0, 0.1) is 0 Å². The van der Waals surface area contributed by atoms with Gasteiger partial charge in [0.1, 0.15) is 5.52 Å². The predicted molar refractivity (Wildman–Crippen MR) is 78.0 cm³/mol. The molecule has 0 atom stereocenters. The largest absolute Gasteiger partial charge is 0.326 e. The van der Waals surface area contributed by atoms with Crippen molar-refractivity contribution >= 4 is 28.5 Å². The number of benzene rings is 2. The molecular weight excluding hydrogens is 268 g/mol. The maximum absolute atomic E-state index is 12.4. The van der Waals surface area contributed by atoms with Gasteiger partial charge in [-0.05, 0) is 36.4 Å². The molecule has 0 aliphatic rings. The van der Waals surface area contributed by atoms with Gasteiger partial charge in [0.15, 0.2) is 0 Å². The Hall–Kier alpha value is -3.02. The van der Waals surface area contributed by atoms with Crippen molar-refractivity contribution in [3.63, 3.8) is 0 Å². The lowest BCUT2D eigenvalue weighted by Gasteiger charge is -2.04. The number of hydrogen-bond acceptors (Lipinski definition) is 4. The van der Waals surface area contributed by atoms with Gasteiger partial charge in [0.05, 0.1) is 5.52 Å². The topological polar surface area (TPSA) is 76.9 Å². The van der Waals surface area contributed by atoms with Crippen LogP contribution in [0.5, 0.6) is 0 Å². The number of para-hydroxylation sites is 1. The Bertz CT molecular complexity index is 821. The van der Waals surface area contributed by atoms with Crippen molar-refractivity contribution in [2.75, 3.05) is 5.32 Å². The summed E-state index contributed by atoms with van der Waals surface area (Å²) in [5, 5.41) is 10.5. The highest BCUT2D eigenvalue weighted by Crippen LogP contribution is 2.14. The summed E-state index contributed by atoms with van der Waals surface area (Å²) < 4.78 is 1.27. The third-order valence-electron chi connectivity index (χ3n) is 3.00. The summed E-state index contributed by atoms with van der Waals surface area (Å²) >= 11 is 0. The number of rotatable bonds is 2. The highest BCUT2D eigenvalue weighted by molar-refractivity contribution is 6.00. The smallest absolute Gasteiger partial charge is 0.280 e. The predicted octanol–water partition coefficient (Wildman–Crippen LogP) is 2.08. The van der Waals surface area contributed by atoms with Crippen LogP contribution in [0.1, 0.15) is 17.3 Å². The minimum Gasteiger partial charge on any atom is -0.326 e. The molecule has 3 rings (SSSR count). The van der Waals surface area contributed by atoms with Gasteiger partial charge < -0.3 is 5.32 Å².